The molecule has 1 unspecified atom stereocenters. The fourth-order valence-electron chi connectivity index (χ4n) is 1.11. The summed E-state index contributed by atoms with van der Waals surface area (Å²) in [6, 6.07) is 3.79. The molecule has 0 heterocycles. The molecule has 3 nitrogen and oxygen atoms in total. The molecule has 0 aliphatic carbocycles. The van der Waals surface area contributed by atoms with Crippen molar-refractivity contribution in [2.45, 2.75) is 13.0 Å². The topological polar surface area (TPSA) is 75.8 Å². The Balaban J connectivity index is 3.38. The van der Waals surface area contributed by atoms with Crippen molar-refractivity contribution in [3.8, 4) is 6.07 Å². The number of hydrogen-bond acceptors (Lipinski definition) is 3. The van der Waals surface area contributed by atoms with Gasteiger partial charge < -0.3 is 11.5 Å². The largest absolute Gasteiger partial charge is 0.397 e. The smallest absolute Gasteiger partial charge is 0.125 e. The molecule has 0 aliphatic rings. The van der Waals surface area contributed by atoms with Gasteiger partial charge in [0.1, 0.15) is 11.9 Å². The summed E-state index contributed by atoms with van der Waals surface area (Å²) in [5.74, 6) is -0.488. The van der Waals surface area contributed by atoms with E-state index in [1.807, 2.05) is 6.07 Å². The molecule has 0 saturated carbocycles. The highest BCUT2D eigenvalue weighted by Gasteiger charge is 2.10. The van der Waals surface area contributed by atoms with Gasteiger partial charge in [-0.3, -0.25) is 0 Å². The van der Waals surface area contributed by atoms with Crippen molar-refractivity contribution in [2.75, 3.05) is 5.73 Å². The molecule has 1 aromatic carbocycles. The van der Waals surface area contributed by atoms with Crippen LogP contribution in [0.3, 0.4) is 0 Å². The third-order valence-electron chi connectivity index (χ3n) is 1.79. The lowest BCUT2D eigenvalue weighted by Crippen LogP contribution is -2.09. The van der Waals surface area contributed by atoms with Crippen LogP contribution in [0.2, 0.25) is 0 Å². The second-order valence-electron chi connectivity index (χ2n) is 2.86. The van der Waals surface area contributed by atoms with Crippen molar-refractivity contribution in [1.82, 2.24) is 0 Å². The van der Waals surface area contributed by atoms with Gasteiger partial charge in [0.05, 0.1) is 11.3 Å². The van der Waals surface area contributed by atoms with Crippen molar-refractivity contribution in [1.29, 1.82) is 5.26 Å². The third-order valence-corrected chi connectivity index (χ3v) is 1.79. The van der Waals surface area contributed by atoms with E-state index in [1.165, 1.54) is 6.07 Å². The number of nitrogen functional groups attached to an aromatic ring is 1. The Hall–Kier alpha value is -1.60. The number of nitriles is 1. The van der Waals surface area contributed by atoms with Crippen LogP contribution in [0.15, 0.2) is 12.1 Å². The van der Waals surface area contributed by atoms with Gasteiger partial charge in [0.25, 0.3) is 0 Å². The maximum Gasteiger partial charge on any atom is 0.125 e. The van der Waals surface area contributed by atoms with E-state index in [-0.39, 0.29) is 17.3 Å². The average molecular weight is 179 g/mol. The molecule has 13 heavy (non-hydrogen) atoms. The molecule has 0 aromatic heterocycles. The molecule has 0 radical (unpaired) electrons. The molecular weight excluding hydrogens is 169 g/mol. The number of rotatable bonds is 1. The minimum absolute atomic E-state index is 0.132. The van der Waals surface area contributed by atoms with Crippen molar-refractivity contribution in [3.05, 3.63) is 29.1 Å². The molecule has 0 aliphatic heterocycles. The summed E-state index contributed by atoms with van der Waals surface area (Å²) >= 11 is 0. The molecule has 1 atom stereocenters. The summed E-state index contributed by atoms with van der Waals surface area (Å²) in [5.41, 5.74) is 12.0. The first-order valence-electron chi connectivity index (χ1n) is 3.81. The van der Waals surface area contributed by atoms with Gasteiger partial charge in [-0.25, -0.2) is 4.39 Å². The van der Waals surface area contributed by atoms with Crippen LogP contribution >= 0.6 is 0 Å². The number of halogens is 1. The molecule has 1 aromatic rings. The van der Waals surface area contributed by atoms with Crippen LogP contribution in [0.25, 0.3) is 0 Å². The summed E-state index contributed by atoms with van der Waals surface area (Å²) in [4.78, 5) is 0. The summed E-state index contributed by atoms with van der Waals surface area (Å²) < 4.78 is 12.9. The Morgan fingerprint density at radius 2 is 2.15 bits per heavy atom. The molecule has 0 saturated heterocycles. The summed E-state index contributed by atoms with van der Waals surface area (Å²) in [7, 11) is 0. The molecule has 68 valence electrons. The van der Waals surface area contributed by atoms with Gasteiger partial charge in [-0.15, -0.1) is 0 Å². The molecular formula is C9H10FN3. The molecule has 0 spiro atoms. The number of nitrogens with two attached hydrogens (primary N) is 2. The monoisotopic (exact) mass is 179 g/mol. The number of hydrogen-bond donors (Lipinski definition) is 2. The molecule has 0 fully saturated rings. The van der Waals surface area contributed by atoms with E-state index in [0.29, 0.717) is 5.56 Å². The first-order valence-corrected chi connectivity index (χ1v) is 3.81. The SMILES string of the molecule is CC(N)c1cc(F)cc(C#N)c1N. The zero-order valence-corrected chi connectivity index (χ0v) is 7.21. The van der Waals surface area contributed by atoms with E-state index in [1.54, 1.807) is 6.92 Å². The third kappa shape index (κ3) is 1.76. The van der Waals surface area contributed by atoms with Crippen molar-refractivity contribution < 1.29 is 4.39 Å². The Labute approximate surface area is 75.8 Å². The lowest BCUT2D eigenvalue weighted by atomic mass is 10.0. The fraction of sp³-hybridized carbons (Fsp3) is 0.222. The first kappa shape index (κ1) is 9.49. The average Bonchev–Trinajstić information content (AvgIpc) is 2.08. The standard InChI is InChI=1S/C9H10FN3/c1-5(12)8-3-7(10)2-6(4-11)9(8)13/h2-3,5H,12-13H2,1H3. The minimum Gasteiger partial charge on any atom is -0.397 e. The van der Waals surface area contributed by atoms with Gasteiger partial charge in [0.15, 0.2) is 0 Å². The van der Waals surface area contributed by atoms with E-state index in [9.17, 15) is 4.39 Å². The van der Waals surface area contributed by atoms with E-state index in [2.05, 4.69) is 0 Å². The van der Waals surface area contributed by atoms with Gasteiger partial charge in [-0.05, 0) is 24.6 Å². The maximum atomic E-state index is 12.9. The highest BCUT2D eigenvalue weighted by molar-refractivity contribution is 5.60. The Bertz CT molecular complexity index is 366. The van der Waals surface area contributed by atoms with E-state index >= 15 is 0 Å². The van der Waals surface area contributed by atoms with Gasteiger partial charge >= 0.3 is 0 Å². The minimum atomic E-state index is -0.488. The quantitative estimate of drug-likeness (QED) is 0.638. The highest BCUT2D eigenvalue weighted by Crippen LogP contribution is 2.23. The molecule has 0 amide bonds. The van der Waals surface area contributed by atoms with Gasteiger partial charge in [-0.1, -0.05) is 0 Å². The number of anilines is 1. The summed E-state index contributed by atoms with van der Waals surface area (Å²) in [5, 5.41) is 8.61. The van der Waals surface area contributed by atoms with Crippen LogP contribution < -0.4 is 11.5 Å². The fourth-order valence-corrected chi connectivity index (χ4v) is 1.11. The van der Waals surface area contributed by atoms with Gasteiger partial charge in [0.2, 0.25) is 0 Å². The van der Waals surface area contributed by atoms with Crippen LogP contribution in [0, 0.1) is 17.1 Å². The van der Waals surface area contributed by atoms with Crippen molar-refractivity contribution >= 4 is 5.69 Å². The molecule has 1 rings (SSSR count). The number of benzene rings is 1. The summed E-state index contributed by atoms with van der Waals surface area (Å²) in [6.45, 7) is 1.69. The van der Waals surface area contributed by atoms with E-state index < -0.39 is 5.82 Å². The normalized spacial score (nSPS) is 12.2. The lowest BCUT2D eigenvalue weighted by molar-refractivity contribution is 0.622. The van der Waals surface area contributed by atoms with E-state index in [4.69, 9.17) is 16.7 Å². The Morgan fingerprint density at radius 1 is 1.54 bits per heavy atom. The van der Waals surface area contributed by atoms with E-state index in [0.717, 1.165) is 6.07 Å². The van der Waals surface area contributed by atoms with Crippen LogP contribution in [-0.2, 0) is 0 Å². The van der Waals surface area contributed by atoms with Crippen LogP contribution in [0.1, 0.15) is 24.1 Å². The van der Waals surface area contributed by atoms with Crippen molar-refractivity contribution in [3.63, 3.8) is 0 Å². The summed E-state index contributed by atoms with van der Waals surface area (Å²) in [6.07, 6.45) is 0. The zero-order valence-electron chi connectivity index (χ0n) is 7.21. The van der Waals surface area contributed by atoms with Gasteiger partial charge in [0, 0.05) is 6.04 Å². The van der Waals surface area contributed by atoms with Crippen LogP contribution in [-0.4, -0.2) is 0 Å². The predicted molar refractivity (Wildman–Crippen MR) is 48.1 cm³/mol. The predicted octanol–water partition coefficient (Wildman–Crippen LogP) is 1.30. The molecule has 4 heteroatoms. The second kappa shape index (κ2) is 3.42. The zero-order chi connectivity index (χ0) is 10.0. The van der Waals surface area contributed by atoms with Gasteiger partial charge in [-0.2, -0.15) is 5.26 Å². The lowest BCUT2D eigenvalue weighted by Gasteiger charge is -2.10. The second-order valence-corrected chi connectivity index (χ2v) is 2.86. The molecule has 0 bridgehead atoms. The molecule has 4 N–H and O–H groups in total. The van der Waals surface area contributed by atoms with Crippen LogP contribution in [0.4, 0.5) is 10.1 Å². The Morgan fingerprint density at radius 3 is 2.62 bits per heavy atom. The highest BCUT2D eigenvalue weighted by atomic mass is 19.1. The number of nitrogens with zero attached hydrogens (tertiary/aromatic N) is 1. The van der Waals surface area contributed by atoms with Crippen LogP contribution in [0.5, 0.6) is 0 Å². The Kier molecular flexibility index (Phi) is 2.49. The maximum absolute atomic E-state index is 12.9. The first-order chi connectivity index (χ1) is 6.06. The van der Waals surface area contributed by atoms with Crippen molar-refractivity contribution in [2.24, 2.45) is 5.73 Å².